The lowest BCUT2D eigenvalue weighted by Crippen LogP contribution is -2.05. The van der Waals surface area contributed by atoms with E-state index in [4.69, 9.17) is 5.11 Å². The van der Waals surface area contributed by atoms with Crippen molar-refractivity contribution in [2.45, 2.75) is 6.42 Å². The number of aliphatic hydroxyl groups is 1. The van der Waals surface area contributed by atoms with Crippen LogP contribution in [0.2, 0.25) is 0 Å². The van der Waals surface area contributed by atoms with Gasteiger partial charge in [-0.25, -0.2) is 0 Å². The van der Waals surface area contributed by atoms with Crippen molar-refractivity contribution in [3.05, 3.63) is 30.3 Å². The Morgan fingerprint density at radius 3 is 2.62 bits per heavy atom. The summed E-state index contributed by atoms with van der Waals surface area (Å²) in [6, 6.07) is 10.2. The molecule has 1 fully saturated rings. The lowest BCUT2D eigenvalue weighted by molar-refractivity contribution is 0.270. The first-order valence-electron chi connectivity index (χ1n) is 4.80. The Hall–Kier alpha value is -1.02. The number of hydrogen-bond donors (Lipinski definition) is 2. The molecule has 2 unspecified atom stereocenters. The van der Waals surface area contributed by atoms with E-state index in [0.717, 1.165) is 6.54 Å². The average Bonchev–Trinajstić information content (AvgIpc) is 2.95. The van der Waals surface area contributed by atoms with Crippen LogP contribution in [0.1, 0.15) is 6.42 Å². The summed E-state index contributed by atoms with van der Waals surface area (Å²) in [5.41, 5.74) is 1.17. The zero-order chi connectivity index (χ0) is 9.10. The van der Waals surface area contributed by atoms with Crippen molar-refractivity contribution in [1.29, 1.82) is 0 Å². The molecule has 0 amide bonds. The molecule has 0 radical (unpaired) electrons. The molecule has 2 rings (SSSR count). The lowest BCUT2D eigenvalue weighted by atomic mass is 10.3. The molecule has 1 aromatic carbocycles. The Kier molecular flexibility index (Phi) is 2.50. The molecule has 0 aromatic heterocycles. The standard InChI is InChI=1S/C11H15NO/c13-8-10-6-9(10)7-12-11-4-2-1-3-5-11/h1-5,9-10,12-13H,6-8H2. The summed E-state index contributed by atoms with van der Waals surface area (Å²) in [5.74, 6) is 1.24. The minimum absolute atomic E-state index is 0.348. The predicted molar refractivity (Wildman–Crippen MR) is 53.6 cm³/mol. The Morgan fingerprint density at radius 2 is 2.00 bits per heavy atom. The minimum Gasteiger partial charge on any atom is -0.396 e. The molecule has 0 bridgehead atoms. The Labute approximate surface area is 78.6 Å². The van der Waals surface area contributed by atoms with Crippen LogP contribution in [0.5, 0.6) is 0 Å². The van der Waals surface area contributed by atoms with Crippen molar-refractivity contribution in [2.75, 3.05) is 18.5 Å². The second-order valence-corrected chi connectivity index (χ2v) is 3.69. The van der Waals surface area contributed by atoms with Gasteiger partial charge in [0.05, 0.1) is 0 Å². The third-order valence-corrected chi connectivity index (χ3v) is 2.65. The third kappa shape index (κ3) is 2.22. The Morgan fingerprint density at radius 1 is 1.23 bits per heavy atom. The van der Waals surface area contributed by atoms with E-state index >= 15 is 0 Å². The highest BCUT2D eigenvalue weighted by Crippen LogP contribution is 2.37. The van der Waals surface area contributed by atoms with Crippen LogP contribution in [0.4, 0.5) is 5.69 Å². The van der Waals surface area contributed by atoms with Crippen LogP contribution in [0.15, 0.2) is 30.3 Å². The van der Waals surface area contributed by atoms with Crippen LogP contribution in [0.3, 0.4) is 0 Å². The van der Waals surface area contributed by atoms with E-state index < -0.39 is 0 Å². The molecule has 2 heteroatoms. The molecule has 1 saturated carbocycles. The number of aliphatic hydroxyl groups excluding tert-OH is 1. The van der Waals surface area contributed by atoms with Gasteiger partial charge in [0.1, 0.15) is 0 Å². The molecule has 70 valence electrons. The van der Waals surface area contributed by atoms with Crippen molar-refractivity contribution in [3.8, 4) is 0 Å². The highest BCUT2D eigenvalue weighted by Gasteiger charge is 2.35. The average molecular weight is 177 g/mol. The van der Waals surface area contributed by atoms with Gasteiger partial charge in [0.2, 0.25) is 0 Å². The smallest absolute Gasteiger partial charge is 0.0462 e. The molecule has 0 aliphatic heterocycles. The molecular weight excluding hydrogens is 162 g/mol. The molecule has 0 spiro atoms. The molecule has 1 aliphatic carbocycles. The number of hydrogen-bond acceptors (Lipinski definition) is 2. The van der Waals surface area contributed by atoms with Gasteiger partial charge in [0, 0.05) is 18.8 Å². The maximum atomic E-state index is 8.85. The zero-order valence-electron chi connectivity index (χ0n) is 7.61. The fourth-order valence-corrected chi connectivity index (χ4v) is 1.59. The van der Waals surface area contributed by atoms with Crippen molar-refractivity contribution in [2.24, 2.45) is 11.8 Å². The van der Waals surface area contributed by atoms with Gasteiger partial charge >= 0.3 is 0 Å². The van der Waals surface area contributed by atoms with Crippen LogP contribution < -0.4 is 5.32 Å². The predicted octanol–water partition coefficient (Wildman–Crippen LogP) is 1.73. The first-order chi connectivity index (χ1) is 6.40. The third-order valence-electron chi connectivity index (χ3n) is 2.65. The summed E-state index contributed by atoms with van der Waals surface area (Å²) < 4.78 is 0. The van der Waals surface area contributed by atoms with Crippen LogP contribution in [-0.4, -0.2) is 18.3 Å². The highest BCUT2D eigenvalue weighted by molar-refractivity contribution is 5.42. The second-order valence-electron chi connectivity index (χ2n) is 3.69. The highest BCUT2D eigenvalue weighted by atomic mass is 16.3. The first-order valence-corrected chi connectivity index (χ1v) is 4.80. The zero-order valence-corrected chi connectivity index (χ0v) is 7.61. The molecule has 2 nitrogen and oxygen atoms in total. The van der Waals surface area contributed by atoms with Gasteiger partial charge in [-0.3, -0.25) is 0 Å². The molecular formula is C11H15NO. The van der Waals surface area contributed by atoms with Crippen LogP contribution in [0, 0.1) is 11.8 Å². The van der Waals surface area contributed by atoms with Gasteiger partial charge in [0.15, 0.2) is 0 Å². The number of anilines is 1. The number of benzene rings is 1. The van der Waals surface area contributed by atoms with Crippen LogP contribution >= 0.6 is 0 Å². The van der Waals surface area contributed by atoms with Gasteiger partial charge in [-0.15, -0.1) is 0 Å². The van der Waals surface area contributed by atoms with Gasteiger partial charge in [-0.2, -0.15) is 0 Å². The molecule has 2 N–H and O–H groups in total. The van der Waals surface area contributed by atoms with Crippen molar-refractivity contribution < 1.29 is 5.11 Å². The van der Waals surface area contributed by atoms with Gasteiger partial charge < -0.3 is 10.4 Å². The van der Waals surface area contributed by atoms with Crippen molar-refractivity contribution in [3.63, 3.8) is 0 Å². The van der Waals surface area contributed by atoms with E-state index in [9.17, 15) is 0 Å². The normalized spacial score (nSPS) is 25.6. The minimum atomic E-state index is 0.348. The van der Waals surface area contributed by atoms with E-state index in [0.29, 0.717) is 18.4 Å². The van der Waals surface area contributed by atoms with Gasteiger partial charge in [-0.1, -0.05) is 18.2 Å². The molecule has 0 heterocycles. The Balaban J connectivity index is 1.75. The summed E-state index contributed by atoms with van der Waals surface area (Å²) >= 11 is 0. The quantitative estimate of drug-likeness (QED) is 0.734. The summed E-state index contributed by atoms with van der Waals surface area (Å²) in [6.07, 6.45) is 1.18. The lowest BCUT2D eigenvalue weighted by Gasteiger charge is -2.04. The topological polar surface area (TPSA) is 32.3 Å². The molecule has 1 aromatic rings. The summed E-state index contributed by atoms with van der Waals surface area (Å²) in [4.78, 5) is 0. The molecule has 2 atom stereocenters. The fraction of sp³-hybridized carbons (Fsp3) is 0.455. The maximum absolute atomic E-state index is 8.85. The number of rotatable bonds is 4. The van der Waals surface area contributed by atoms with E-state index in [1.807, 2.05) is 18.2 Å². The van der Waals surface area contributed by atoms with E-state index in [1.165, 1.54) is 12.1 Å². The molecule has 0 saturated heterocycles. The molecule has 1 aliphatic rings. The SMILES string of the molecule is OCC1CC1CNc1ccccc1. The largest absolute Gasteiger partial charge is 0.396 e. The Bertz CT molecular complexity index is 260. The fourth-order valence-electron chi connectivity index (χ4n) is 1.59. The van der Waals surface area contributed by atoms with E-state index in [2.05, 4.69) is 17.4 Å². The van der Waals surface area contributed by atoms with Crippen LogP contribution in [-0.2, 0) is 0 Å². The number of para-hydroxylation sites is 1. The van der Waals surface area contributed by atoms with Crippen molar-refractivity contribution >= 4 is 5.69 Å². The first kappa shape index (κ1) is 8.57. The number of nitrogens with one attached hydrogen (secondary N) is 1. The summed E-state index contributed by atoms with van der Waals surface area (Å²) in [6.45, 7) is 1.34. The van der Waals surface area contributed by atoms with E-state index in [1.54, 1.807) is 0 Å². The molecule has 13 heavy (non-hydrogen) atoms. The van der Waals surface area contributed by atoms with E-state index in [-0.39, 0.29) is 0 Å². The summed E-state index contributed by atoms with van der Waals surface area (Å²) in [5, 5.41) is 12.2. The monoisotopic (exact) mass is 177 g/mol. The van der Waals surface area contributed by atoms with Gasteiger partial charge in [-0.05, 0) is 30.4 Å². The van der Waals surface area contributed by atoms with Crippen molar-refractivity contribution in [1.82, 2.24) is 0 Å². The van der Waals surface area contributed by atoms with Gasteiger partial charge in [0.25, 0.3) is 0 Å². The van der Waals surface area contributed by atoms with Crippen LogP contribution in [0.25, 0.3) is 0 Å². The summed E-state index contributed by atoms with van der Waals surface area (Å²) in [7, 11) is 0. The second kappa shape index (κ2) is 3.79. The maximum Gasteiger partial charge on any atom is 0.0462 e.